The Hall–Kier alpha value is -2.81. The monoisotopic (exact) mass is 1120 g/mol. The lowest BCUT2D eigenvalue weighted by atomic mass is 10.0. The SMILES string of the molecule is CCCCC/C=C\C/C=C\C/C=C\C/C=C\CCCCCCCCCCCCCC(=O)OC(/C=C\CCCCCCCCCCCCC)C(COP(=O)([O-])OCC[N+](C)(C)C)NC(=O)CC/C=C/C/C=C\CCCCCCCC. The van der Waals surface area contributed by atoms with Gasteiger partial charge in [-0.2, -0.15) is 0 Å². The number of nitrogens with one attached hydrogen (secondary N) is 1. The third-order valence-corrected chi connectivity index (χ3v) is 15.3. The quantitative estimate of drug-likeness (QED) is 0.0212. The predicted molar refractivity (Wildman–Crippen MR) is 339 cm³/mol. The normalized spacial score (nSPS) is 14.2. The molecule has 0 spiro atoms. The zero-order valence-electron chi connectivity index (χ0n) is 52.3. The number of phosphoric ester groups is 1. The molecule has 3 unspecified atom stereocenters. The van der Waals surface area contributed by atoms with E-state index in [0.29, 0.717) is 17.4 Å². The van der Waals surface area contributed by atoms with Crippen LogP contribution >= 0.6 is 7.82 Å². The molecule has 10 heteroatoms. The van der Waals surface area contributed by atoms with Gasteiger partial charge in [0.05, 0.1) is 33.8 Å². The molecule has 0 aliphatic heterocycles. The third kappa shape index (κ3) is 59.6. The first-order valence-electron chi connectivity index (χ1n) is 32.9. The van der Waals surface area contributed by atoms with Crippen LogP contribution in [-0.4, -0.2) is 69.4 Å². The summed E-state index contributed by atoms with van der Waals surface area (Å²) in [6.07, 6.45) is 77.2. The van der Waals surface area contributed by atoms with Gasteiger partial charge in [-0.3, -0.25) is 14.2 Å². The van der Waals surface area contributed by atoms with E-state index in [-0.39, 0.29) is 31.3 Å². The number of likely N-dealkylation sites (N-methyl/N-ethyl adjacent to an activating group) is 1. The molecular weight excluding hydrogens is 1000 g/mol. The van der Waals surface area contributed by atoms with Gasteiger partial charge in [0.15, 0.2) is 0 Å². The fraction of sp³-hybridized carbons (Fsp3) is 0.768. The van der Waals surface area contributed by atoms with E-state index in [1.165, 1.54) is 173 Å². The molecule has 3 atom stereocenters. The molecule has 0 aliphatic carbocycles. The minimum Gasteiger partial charge on any atom is -0.756 e. The third-order valence-electron chi connectivity index (χ3n) is 14.3. The maximum absolute atomic E-state index is 13.5. The summed E-state index contributed by atoms with van der Waals surface area (Å²) in [5.41, 5.74) is 0. The highest BCUT2D eigenvalue weighted by Gasteiger charge is 2.27. The van der Waals surface area contributed by atoms with Crippen molar-refractivity contribution in [1.82, 2.24) is 5.32 Å². The first kappa shape index (κ1) is 76.2. The highest BCUT2D eigenvalue weighted by Crippen LogP contribution is 2.38. The molecule has 0 aromatic rings. The van der Waals surface area contributed by atoms with Crippen LogP contribution in [0.25, 0.3) is 0 Å². The van der Waals surface area contributed by atoms with Crippen molar-refractivity contribution in [2.75, 3.05) is 40.9 Å². The standard InChI is InChI=1S/C69H125N2O7P/c1-7-10-13-16-19-22-25-28-29-30-31-32-33-34-35-36-37-38-39-40-41-44-47-50-53-56-59-62-69(73)78-67(60-57-54-51-48-45-42-26-23-20-17-14-11-8-2)66(65-77-79(74,75)76-64-63-71(4,5)6)70-68(72)61-58-55-52-49-46-43-27-24-21-18-15-12-9-3/h19,22,28-29,31-32,34-35,43,46,52,55,57,60,66-67H,7-18,20-21,23-27,30,33,36-42,44-45,47-51,53-54,56,58-59,61-65H2,1-6H3,(H-,70,72,74,75)/b22-19-,29-28-,32-31-,35-34-,46-43-,55-52+,60-57-. The Morgan fingerprint density at radius 2 is 0.785 bits per heavy atom. The van der Waals surface area contributed by atoms with Crippen molar-refractivity contribution in [3.63, 3.8) is 0 Å². The second-order valence-electron chi connectivity index (χ2n) is 23.3. The Kier molecular flexibility index (Phi) is 56.3. The molecule has 0 radical (unpaired) electrons. The summed E-state index contributed by atoms with van der Waals surface area (Å²) in [7, 11) is 1.15. The minimum atomic E-state index is -4.72. The zero-order valence-corrected chi connectivity index (χ0v) is 53.2. The number of carbonyl (C=O) groups is 2. The second-order valence-corrected chi connectivity index (χ2v) is 24.7. The van der Waals surface area contributed by atoms with Crippen LogP contribution in [0, 0.1) is 0 Å². The van der Waals surface area contributed by atoms with Crippen molar-refractivity contribution in [3.8, 4) is 0 Å². The van der Waals surface area contributed by atoms with Crippen molar-refractivity contribution < 1.29 is 37.3 Å². The molecule has 9 nitrogen and oxygen atoms in total. The van der Waals surface area contributed by atoms with E-state index in [2.05, 4.69) is 92.9 Å². The molecule has 0 aromatic carbocycles. The molecular formula is C69H125N2O7P. The summed E-state index contributed by atoms with van der Waals surface area (Å²) in [5, 5.41) is 2.99. The molecule has 0 rings (SSSR count). The van der Waals surface area contributed by atoms with Gasteiger partial charge in [-0.1, -0.05) is 267 Å². The fourth-order valence-electron chi connectivity index (χ4n) is 9.20. The van der Waals surface area contributed by atoms with Crippen LogP contribution in [0.5, 0.6) is 0 Å². The van der Waals surface area contributed by atoms with E-state index >= 15 is 0 Å². The maximum atomic E-state index is 13.5. The number of ether oxygens (including phenoxy) is 1. The van der Waals surface area contributed by atoms with Gasteiger partial charge in [-0.25, -0.2) is 0 Å². The van der Waals surface area contributed by atoms with E-state index < -0.39 is 26.6 Å². The number of rotatable bonds is 59. The van der Waals surface area contributed by atoms with Crippen molar-refractivity contribution in [2.45, 2.75) is 303 Å². The first-order chi connectivity index (χ1) is 38.4. The van der Waals surface area contributed by atoms with Gasteiger partial charge < -0.3 is 28.5 Å². The summed E-state index contributed by atoms with van der Waals surface area (Å²) in [4.78, 5) is 40.0. The summed E-state index contributed by atoms with van der Waals surface area (Å²) >= 11 is 0. The Morgan fingerprint density at radius 1 is 0.443 bits per heavy atom. The van der Waals surface area contributed by atoms with Gasteiger partial charge >= 0.3 is 5.97 Å². The van der Waals surface area contributed by atoms with Crippen LogP contribution < -0.4 is 10.2 Å². The Morgan fingerprint density at radius 3 is 1.20 bits per heavy atom. The lowest BCUT2D eigenvalue weighted by Gasteiger charge is -2.30. The van der Waals surface area contributed by atoms with E-state index in [1.807, 2.05) is 39.4 Å². The van der Waals surface area contributed by atoms with Gasteiger partial charge in [0.1, 0.15) is 19.3 Å². The largest absolute Gasteiger partial charge is 0.756 e. The van der Waals surface area contributed by atoms with Crippen LogP contribution in [0.1, 0.15) is 290 Å². The maximum Gasteiger partial charge on any atom is 0.306 e. The van der Waals surface area contributed by atoms with Crippen molar-refractivity contribution >= 4 is 19.7 Å². The Labute approximate surface area is 488 Å². The lowest BCUT2D eigenvalue weighted by Crippen LogP contribution is -2.47. The van der Waals surface area contributed by atoms with E-state index in [4.69, 9.17) is 13.8 Å². The van der Waals surface area contributed by atoms with Crippen LogP contribution in [0.4, 0.5) is 0 Å². The zero-order chi connectivity index (χ0) is 57.9. The summed E-state index contributed by atoms with van der Waals surface area (Å²) in [6.45, 7) is 6.77. The molecule has 0 saturated heterocycles. The number of esters is 1. The molecule has 0 aromatic heterocycles. The van der Waals surface area contributed by atoms with Gasteiger partial charge in [-0.15, -0.1) is 0 Å². The second kappa shape index (κ2) is 58.4. The molecule has 0 heterocycles. The van der Waals surface area contributed by atoms with Crippen LogP contribution in [-0.2, 0) is 27.9 Å². The lowest BCUT2D eigenvalue weighted by molar-refractivity contribution is -0.870. The first-order valence-corrected chi connectivity index (χ1v) is 34.4. The fourth-order valence-corrected chi connectivity index (χ4v) is 9.93. The minimum absolute atomic E-state index is 0.0343. The number of amides is 1. The molecule has 79 heavy (non-hydrogen) atoms. The molecule has 458 valence electrons. The van der Waals surface area contributed by atoms with Crippen molar-refractivity contribution in [3.05, 3.63) is 85.1 Å². The van der Waals surface area contributed by atoms with Crippen molar-refractivity contribution in [2.24, 2.45) is 0 Å². The van der Waals surface area contributed by atoms with Gasteiger partial charge in [0, 0.05) is 12.8 Å². The number of hydrogen-bond donors (Lipinski definition) is 1. The summed E-state index contributed by atoms with van der Waals surface area (Å²) in [5.74, 6) is -0.620. The number of phosphoric acid groups is 1. The number of quaternary nitrogens is 1. The molecule has 0 bridgehead atoms. The van der Waals surface area contributed by atoms with E-state index in [0.717, 1.165) is 77.0 Å². The number of allylic oxidation sites excluding steroid dienone is 13. The van der Waals surface area contributed by atoms with Crippen molar-refractivity contribution in [1.29, 1.82) is 0 Å². The number of hydrogen-bond acceptors (Lipinski definition) is 7. The smallest absolute Gasteiger partial charge is 0.306 e. The molecule has 0 saturated carbocycles. The van der Waals surface area contributed by atoms with E-state index in [1.54, 1.807) is 0 Å². The highest BCUT2D eigenvalue weighted by atomic mass is 31.2. The molecule has 0 aliphatic rings. The molecule has 1 amide bonds. The van der Waals surface area contributed by atoms with Gasteiger partial charge in [0.2, 0.25) is 5.91 Å². The van der Waals surface area contributed by atoms with Gasteiger partial charge in [0.25, 0.3) is 7.82 Å². The van der Waals surface area contributed by atoms with Crippen LogP contribution in [0.3, 0.4) is 0 Å². The van der Waals surface area contributed by atoms with Crippen LogP contribution in [0.2, 0.25) is 0 Å². The van der Waals surface area contributed by atoms with Crippen LogP contribution in [0.15, 0.2) is 85.1 Å². The number of carbonyl (C=O) groups excluding carboxylic acids is 2. The van der Waals surface area contributed by atoms with E-state index in [9.17, 15) is 19.0 Å². The average molecular weight is 1130 g/mol. The summed E-state index contributed by atoms with van der Waals surface area (Å²) < 4.78 is 30.3. The summed E-state index contributed by atoms with van der Waals surface area (Å²) in [6, 6.07) is -0.923. The number of nitrogens with zero attached hydrogens (tertiary/aromatic N) is 1. The predicted octanol–water partition coefficient (Wildman–Crippen LogP) is 19.9. The molecule has 1 N–H and O–H groups in total. The Bertz CT molecular complexity index is 1630. The molecule has 0 fully saturated rings. The Balaban J connectivity index is 5.13. The topological polar surface area (TPSA) is 114 Å². The highest BCUT2D eigenvalue weighted by molar-refractivity contribution is 7.45. The number of unbranched alkanes of at least 4 members (excludes halogenated alkanes) is 31. The van der Waals surface area contributed by atoms with Gasteiger partial charge in [-0.05, 0) is 96.0 Å². The average Bonchev–Trinajstić information content (AvgIpc) is 3.41.